The van der Waals surface area contributed by atoms with Crippen molar-refractivity contribution in [2.45, 2.75) is 6.92 Å². The van der Waals surface area contributed by atoms with Crippen LogP contribution in [0.5, 0.6) is 5.88 Å². The van der Waals surface area contributed by atoms with Crippen LogP contribution in [0.25, 0.3) is 11.3 Å². The van der Waals surface area contributed by atoms with Crippen molar-refractivity contribution >= 4 is 21.9 Å². The van der Waals surface area contributed by atoms with Gasteiger partial charge in [-0.2, -0.15) is 0 Å². The van der Waals surface area contributed by atoms with E-state index in [4.69, 9.17) is 4.74 Å². The van der Waals surface area contributed by atoms with Crippen LogP contribution in [0.15, 0.2) is 28.9 Å². The molecule has 0 saturated heterocycles. The molecule has 0 unspecified atom stereocenters. The van der Waals surface area contributed by atoms with Crippen molar-refractivity contribution in [3.05, 3.63) is 40.4 Å². The summed E-state index contributed by atoms with van der Waals surface area (Å²) in [5, 5.41) is 0. The van der Waals surface area contributed by atoms with E-state index >= 15 is 0 Å². The Morgan fingerprint density at radius 2 is 1.95 bits per heavy atom. The molecule has 1 heterocycles. The number of methoxy groups -OCH3 is 1. The van der Waals surface area contributed by atoms with Crippen molar-refractivity contribution in [3.63, 3.8) is 0 Å². The first-order valence-corrected chi connectivity index (χ1v) is 6.90. The standard InChI is InChI=1S/C14H12BrFN2O3/c1-3-21-13-11(14(19)20-2)17-12(15)10(18-13)8-4-6-9(16)7-5-8/h4-7H,3H2,1-2H3. The Morgan fingerprint density at radius 1 is 1.29 bits per heavy atom. The first-order chi connectivity index (χ1) is 10.1. The maximum absolute atomic E-state index is 13.0. The van der Waals surface area contributed by atoms with Gasteiger partial charge in [0.1, 0.15) is 16.1 Å². The molecule has 0 saturated carbocycles. The van der Waals surface area contributed by atoms with Gasteiger partial charge in [0.15, 0.2) is 0 Å². The molecule has 0 N–H and O–H groups in total. The summed E-state index contributed by atoms with van der Waals surface area (Å²) in [6, 6.07) is 5.77. The van der Waals surface area contributed by atoms with Crippen molar-refractivity contribution in [1.29, 1.82) is 0 Å². The molecule has 0 aliphatic heterocycles. The number of esters is 1. The zero-order valence-corrected chi connectivity index (χ0v) is 13.0. The molecule has 0 radical (unpaired) electrons. The first kappa shape index (κ1) is 15.4. The highest BCUT2D eigenvalue weighted by atomic mass is 79.9. The van der Waals surface area contributed by atoms with Crippen molar-refractivity contribution in [3.8, 4) is 17.1 Å². The van der Waals surface area contributed by atoms with Crippen molar-refractivity contribution in [2.24, 2.45) is 0 Å². The number of hydrogen-bond donors (Lipinski definition) is 0. The summed E-state index contributed by atoms with van der Waals surface area (Å²) in [5.41, 5.74) is 1.08. The number of halogens is 2. The number of hydrogen-bond acceptors (Lipinski definition) is 5. The number of rotatable bonds is 4. The van der Waals surface area contributed by atoms with Gasteiger partial charge in [0, 0.05) is 5.56 Å². The summed E-state index contributed by atoms with van der Waals surface area (Å²) in [4.78, 5) is 20.1. The molecular formula is C14H12BrFN2O3. The summed E-state index contributed by atoms with van der Waals surface area (Å²) in [5.74, 6) is -0.914. The van der Waals surface area contributed by atoms with Crippen LogP contribution >= 0.6 is 15.9 Å². The smallest absolute Gasteiger partial charge is 0.362 e. The highest BCUT2D eigenvalue weighted by molar-refractivity contribution is 9.10. The summed E-state index contributed by atoms with van der Waals surface area (Å²) in [6.45, 7) is 2.09. The Balaban J connectivity index is 2.55. The zero-order chi connectivity index (χ0) is 15.4. The third-order valence-electron chi connectivity index (χ3n) is 2.60. The average Bonchev–Trinajstić information content (AvgIpc) is 2.49. The number of ether oxygens (including phenoxy) is 2. The average molecular weight is 355 g/mol. The van der Waals surface area contributed by atoms with E-state index in [1.54, 1.807) is 19.1 Å². The Bertz CT molecular complexity index is 662. The fourth-order valence-corrected chi connectivity index (χ4v) is 2.15. The number of carbonyl (C=O) groups excluding carboxylic acids is 1. The fourth-order valence-electron chi connectivity index (χ4n) is 1.66. The molecular weight excluding hydrogens is 343 g/mol. The third kappa shape index (κ3) is 3.36. The number of carbonyl (C=O) groups is 1. The van der Waals surface area contributed by atoms with Gasteiger partial charge in [-0.3, -0.25) is 0 Å². The monoisotopic (exact) mass is 354 g/mol. The van der Waals surface area contributed by atoms with E-state index in [2.05, 4.69) is 30.6 Å². The van der Waals surface area contributed by atoms with Crippen LogP contribution in [0.1, 0.15) is 17.4 Å². The normalized spacial score (nSPS) is 10.3. The molecule has 110 valence electrons. The van der Waals surface area contributed by atoms with Gasteiger partial charge >= 0.3 is 5.97 Å². The van der Waals surface area contributed by atoms with Crippen LogP contribution in [-0.4, -0.2) is 29.7 Å². The van der Waals surface area contributed by atoms with E-state index in [0.29, 0.717) is 22.5 Å². The Labute approximate surface area is 129 Å². The molecule has 2 aromatic rings. The largest absolute Gasteiger partial charge is 0.476 e. The predicted octanol–water partition coefficient (Wildman–Crippen LogP) is 3.23. The Morgan fingerprint density at radius 3 is 2.52 bits per heavy atom. The Kier molecular flexibility index (Phi) is 4.85. The number of benzene rings is 1. The lowest BCUT2D eigenvalue weighted by Crippen LogP contribution is -2.11. The zero-order valence-electron chi connectivity index (χ0n) is 11.4. The molecule has 0 aliphatic carbocycles. The van der Waals surface area contributed by atoms with Gasteiger partial charge in [0.25, 0.3) is 0 Å². The van der Waals surface area contributed by atoms with Crippen molar-refractivity contribution < 1.29 is 18.7 Å². The van der Waals surface area contributed by atoms with Crippen LogP contribution in [0.2, 0.25) is 0 Å². The van der Waals surface area contributed by atoms with Gasteiger partial charge in [-0.25, -0.2) is 19.2 Å². The summed E-state index contributed by atoms with van der Waals surface area (Å²) < 4.78 is 23.3. The van der Waals surface area contributed by atoms with E-state index in [1.807, 2.05) is 0 Å². The molecule has 21 heavy (non-hydrogen) atoms. The van der Waals surface area contributed by atoms with Gasteiger partial charge < -0.3 is 9.47 Å². The van der Waals surface area contributed by atoms with Crippen LogP contribution in [0.4, 0.5) is 4.39 Å². The van der Waals surface area contributed by atoms with E-state index < -0.39 is 5.97 Å². The minimum absolute atomic E-state index is 0.0166. The lowest BCUT2D eigenvalue weighted by molar-refractivity contribution is 0.0587. The highest BCUT2D eigenvalue weighted by Gasteiger charge is 2.21. The maximum Gasteiger partial charge on any atom is 0.362 e. The molecule has 7 heteroatoms. The summed E-state index contributed by atoms with van der Waals surface area (Å²) >= 11 is 3.25. The highest BCUT2D eigenvalue weighted by Crippen LogP contribution is 2.29. The molecule has 1 aromatic carbocycles. The van der Waals surface area contributed by atoms with Gasteiger partial charge in [-0.15, -0.1) is 0 Å². The Hall–Kier alpha value is -2.02. The predicted molar refractivity (Wildman–Crippen MR) is 77.6 cm³/mol. The van der Waals surface area contributed by atoms with Crippen LogP contribution < -0.4 is 4.74 Å². The van der Waals surface area contributed by atoms with Crippen LogP contribution in [0.3, 0.4) is 0 Å². The van der Waals surface area contributed by atoms with Crippen molar-refractivity contribution in [1.82, 2.24) is 9.97 Å². The molecule has 0 aliphatic rings. The second kappa shape index (κ2) is 6.62. The minimum atomic E-state index is -0.641. The molecule has 0 atom stereocenters. The van der Waals surface area contributed by atoms with Gasteiger partial charge in [-0.05, 0) is 47.1 Å². The van der Waals surface area contributed by atoms with Gasteiger partial charge in [-0.1, -0.05) is 0 Å². The lowest BCUT2D eigenvalue weighted by Gasteiger charge is -2.10. The van der Waals surface area contributed by atoms with Crippen LogP contribution in [-0.2, 0) is 4.74 Å². The molecule has 1 aromatic heterocycles. The molecule has 0 bridgehead atoms. The van der Waals surface area contributed by atoms with Crippen molar-refractivity contribution in [2.75, 3.05) is 13.7 Å². The van der Waals surface area contributed by atoms with E-state index in [0.717, 1.165) is 0 Å². The third-order valence-corrected chi connectivity index (χ3v) is 3.15. The quantitative estimate of drug-likeness (QED) is 0.788. The second-order valence-electron chi connectivity index (χ2n) is 3.95. The topological polar surface area (TPSA) is 61.3 Å². The maximum atomic E-state index is 13.0. The van der Waals surface area contributed by atoms with Gasteiger partial charge in [0.05, 0.1) is 13.7 Å². The minimum Gasteiger partial charge on any atom is -0.476 e. The SMILES string of the molecule is CCOc1nc(-c2ccc(F)cc2)c(Br)nc1C(=O)OC. The van der Waals surface area contributed by atoms with Crippen LogP contribution in [0, 0.1) is 5.82 Å². The van der Waals surface area contributed by atoms with E-state index in [1.165, 1.54) is 19.2 Å². The summed E-state index contributed by atoms with van der Waals surface area (Å²) in [6.07, 6.45) is 0. The first-order valence-electron chi connectivity index (χ1n) is 6.11. The molecule has 0 spiro atoms. The fraction of sp³-hybridized carbons (Fsp3) is 0.214. The van der Waals surface area contributed by atoms with E-state index in [9.17, 15) is 9.18 Å². The molecule has 0 amide bonds. The number of nitrogens with zero attached hydrogens (tertiary/aromatic N) is 2. The summed E-state index contributed by atoms with van der Waals surface area (Å²) in [7, 11) is 1.25. The lowest BCUT2D eigenvalue weighted by atomic mass is 10.1. The number of aromatic nitrogens is 2. The molecule has 0 fully saturated rings. The second-order valence-corrected chi connectivity index (χ2v) is 4.70. The molecule has 5 nitrogen and oxygen atoms in total. The van der Waals surface area contributed by atoms with Gasteiger partial charge in [0.2, 0.25) is 11.6 Å². The molecule has 2 rings (SSSR count). The van der Waals surface area contributed by atoms with E-state index in [-0.39, 0.29) is 17.4 Å².